The molecule has 0 spiro atoms. The van der Waals surface area contributed by atoms with Gasteiger partial charge < -0.3 is 9.84 Å². The zero-order valence-electron chi connectivity index (χ0n) is 10.9. The van der Waals surface area contributed by atoms with Gasteiger partial charge in [-0.1, -0.05) is 32.0 Å². The first-order valence-corrected chi connectivity index (χ1v) is 6.30. The van der Waals surface area contributed by atoms with Crippen LogP contribution in [0.2, 0.25) is 0 Å². The van der Waals surface area contributed by atoms with Crippen LogP contribution < -0.4 is 4.74 Å². The van der Waals surface area contributed by atoms with Crippen LogP contribution in [0, 0.1) is 5.41 Å². The number of hydrogen-bond acceptors (Lipinski definition) is 2. The van der Waals surface area contributed by atoms with Gasteiger partial charge in [-0.05, 0) is 30.4 Å². The molecule has 1 aromatic carbocycles. The van der Waals surface area contributed by atoms with Crippen LogP contribution in [0.5, 0.6) is 5.75 Å². The molecule has 0 aromatic heterocycles. The van der Waals surface area contributed by atoms with E-state index in [9.17, 15) is 18.3 Å². The van der Waals surface area contributed by atoms with Crippen molar-refractivity contribution in [3.63, 3.8) is 0 Å². The zero-order chi connectivity index (χ0) is 14.3. The Kier molecular flexibility index (Phi) is 3.51. The average molecular weight is 274 g/mol. The Balaban J connectivity index is 2.31. The van der Waals surface area contributed by atoms with E-state index in [1.807, 2.05) is 13.8 Å². The summed E-state index contributed by atoms with van der Waals surface area (Å²) in [5.41, 5.74) is 0.139. The maximum Gasteiger partial charge on any atom is 0.573 e. The molecule has 5 heteroatoms. The van der Waals surface area contributed by atoms with Gasteiger partial charge in [-0.15, -0.1) is 13.2 Å². The summed E-state index contributed by atoms with van der Waals surface area (Å²) in [5, 5.41) is 9.86. The molecule has 0 radical (unpaired) electrons. The lowest BCUT2D eigenvalue weighted by Crippen LogP contribution is -2.49. The Morgan fingerprint density at radius 1 is 1.37 bits per heavy atom. The number of halogens is 3. The molecule has 1 N–H and O–H groups in total. The molecule has 1 aliphatic rings. The minimum Gasteiger partial charge on any atom is -0.405 e. The Bertz CT molecular complexity index is 458. The van der Waals surface area contributed by atoms with E-state index in [0.29, 0.717) is 18.4 Å². The van der Waals surface area contributed by atoms with Crippen molar-refractivity contribution < 1.29 is 23.0 Å². The van der Waals surface area contributed by atoms with Crippen LogP contribution in [0.15, 0.2) is 24.3 Å². The zero-order valence-corrected chi connectivity index (χ0v) is 10.9. The second-order valence-corrected chi connectivity index (χ2v) is 5.25. The van der Waals surface area contributed by atoms with Crippen LogP contribution in [0.1, 0.15) is 38.2 Å². The molecule has 1 aliphatic carbocycles. The van der Waals surface area contributed by atoms with Gasteiger partial charge in [-0.25, -0.2) is 0 Å². The summed E-state index contributed by atoms with van der Waals surface area (Å²) in [7, 11) is 0. The standard InChI is InChI=1S/C14H17F3O2/c1-3-13(2)10(8-12(13)18)9-6-4-5-7-11(9)19-14(15,16)17/h4-7,10,12,18H,3,8H2,1-2H3. The fourth-order valence-electron chi connectivity index (χ4n) is 2.78. The summed E-state index contributed by atoms with van der Waals surface area (Å²) in [6, 6.07) is 6.18. The second-order valence-electron chi connectivity index (χ2n) is 5.25. The summed E-state index contributed by atoms with van der Waals surface area (Å²) >= 11 is 0. The fourth-order valence-corrected chi connectivity index (χ4v) is 2.78. The normalized spacial score (nSPS) is 30.8. The Labute approximate surface area is 110 Å². The first-order valence-electron chi connectivity index (χ1n) is 6.30. The van der Waals surface area contributed by atoms with Crippen LogP contribution in [-0.4, -0.2) is 17.6 Å². The molecule has 0 aliphatic heterocycles. The lowest BCUT2D eigenvalue weighted by Gasteiger charge is -2.52. The topological polar surface area (TPSA) is 29.5 Å². The smallest absolute Gasteiger partial charge is 0.405 e. The van der Waals surface area contributed by atoms with E-state index in [1.54, 1.807) is 12.1 Å². The maximum absolute atomic E-state index is 12.4. The van der Waals surface area contributed by atoms with Gasteiger partial charge in [-0.3, -0.25) is 0 Å². The number of benzene rings is 1. The molecule has 19 heavy (non-hydrogen) atoms. The largest absolute Gasteiger partial charge is 0.573 e. The molecular formula is C14H17F3O2. The van der Waals surface area contributed by atoms with Crippen molar-refractivity contribution in [2.24, 2.45) is 5.41 Å². The van der Waals surface area contributed by atoms with Crippen molar-refractivity contribution in [3.8, 4) is 5.75 Å². The molecule has 0 heterocycles. The highest BCUT2D eigenvalue weighted by Gasteiger charge is 2.51. The quantitative estimate of drug-likeness (QED) is 0.907. The summed E-state index contributed by atoms with van der Waals surface area (Å²) in [6.45, 7) is 3.83. The lowest BCUT2D eigenvalue weighted by molar-refractivity contribution is -0.275. The molecule has 2 rings (SSSR count). The van der Waals surface area contributed by atoms with Gasteiger partial charge in [-0.2, -0.15) is 0 Å². The summed E-state index contributed by atoms with van der Waals surface area (Å²) in [4.78, 5) is 0. The van der Waals surface area contributed by atoms with Crippen LogP contribution in [0.25, 0.3) is 0 Å². The van der Waals surface area contributed by atoms with Crippen LogP contribution in [-0.2, 0) is 0 Å². The van der Waals surface area contributed by atoms with Crippen molar-refractivity contribution in [1.29, 1.82) is 0 Å². The molecule has 1 saturated carbocycles. The number of ether oxygens (including phenoxy) is 1. The van der Waals surface area contributed by atoms with Crippen molar-refractivity contribution in [3.05, 3.63) is 29.8 Å². The van der Waals surface area contributed by atoms with Crippen LogP contribution in [0.3, 0.4) is 0 Å². The highest BCUT2D eigenvalue weighted by Crippen LogP contribution is 2.56. The summed E-state index contributed by atoms with van der Waals surface area (Å²) < 4.78 is 41.2. The first kappa shape index (κ1) is 14.2. The third kappa shape index (κ3) is 2.56. The highest BCUT2D eigenvalue weighted by molar-refractivity contribution is 5.40. The van der Waals surface area contributed by atoms with E-state index in [0.717, 1.165) is 0 Å². The van der Waals surface area contributed by atoms with Crippen molar-refractivity contribution in [2.75, 3.05) is 0 Å². The van der Waals surface area contributed by atoms with Gasteiger partial charge in [0.15, 0.2) is 0 Å². The number of alkyl halides is 3. The molecule has 0 bridgehead atoms. The van der Waals surface area contributed by atoms with Crippen molar-refractivity contribution in [2.45, 2.75) is 45.1 Å². The molecule has 1 aromatic rings. The van der Waals surface area contributed by atoms with E-state index >= 15 is 0 Å². The van der Waals surface area contributed by atoms with E-state index in [2.05, 4.69) is 4.74 Å². The molecule has 3 atom stereocenters. The predicted molar refractivity (Wildman–Crippen MR) is 64.9 cm³/mol. The number of aliphatic hydroxyl groups excluding tert-OH is 1. The molecule has 1 fully saturated rings. The van der Waals surface area contributed by atoms with Gasteiger partial charge >= 0.3 is 6.36 Å². The minimum absolute atomic E-state index is 0.106. The minimum atomic E-state index is -4.69. The number of hydrogen-bond donors (Lipinski definition) is 1. The Morgan fingerprint density at radius 2 is 2.00 bits per heavy atom. The molecular weight excluding hydrogens is 257 g/mol. The number of rotatable bonds is 3. The first-order chi connectivity index (χ1) is 8.78. The Hall–Kier alpha value is -1.23. The van der Waals surface area contributed by atoms with Crippen LogP contribution in [0.4, 0.5) is 13.2 Å². The van der Waals surface area contributed by atoms with E-state index in [1.165, 1.54) is 12.1 Å². The van der Waals surface area contributed by atoms with Gasteiger partial charge in [0.2, 0.25) is 0 Å². The molecule has 106 valence electrons. The van der Waals surface area contributed by atoms with Gasteiger partial charge in [0.25, 0.3) is 0 Å². The molecule has 0 saturated heterocycles. The Morgan fingerprint density at radius 3 is 2.53 bits per heavy atom. The molecule has 2 nitrogen and oxygen atoms in total. The van der Waals surface area contributed by atoms with E-state index in [4.69, 9.17) is 0 Å². The van der Waals surface area contributed by atoms with Gasteiger partial charge in [0, 0.05) is 5.41 Å². The fraction of sp³-hybridized carbons (Fsp3) is 0.571. The summed E-state index contributed by atoms with van der Waals surface area (Å²) in [6.07, 6.45) is -3.98. The average Bonchev–Trinajstić information content (AvgIpc) is 2.34. The number of aliphatic hydroxyl groups is 1. The van der Waals surface area contributed by atoms with Gasteiger partial charge in [0.1, 0.15) is 5.75 Å². The second kappa shape index (κ2) is 4.71. The van der Waals surface area contributed by atoms with Crippen LogP contribution >= 0.6 is 0 Å². The highest BCUT2D eigenvalue weighted by atomic mass is 19.4. The van der Waals surface area contributed by atoms with Crippen molar-refractivity contribution >= 4 is 0 Å². The number of para-hydroxylation sites is 1. The maximum atomic E-state index is 12.4. The van der Waals surface area contributed by atoms with E-state index < -0.39 is 12.5 Å². The SMILES string of the molecule is CCC1(C)C(O)CC1c1ccccc1OC(F)(F)F. The van der Waals surface area contributed by atoms with Crippen molar-refractivity contribution in [1.82, 2.24) is 0 Å². The predicted octanol–water partition coefficient (Wildman–Crippen LogP) is 3.85. The van der Waals surface area contributed by atoms with Gasteiger partial charge in [0.05, 0.1) is 6.10 Å². The lowest BCUT2D eigenvalue weighted by atomic mass is 9.55. The monoisotopic (exact) mass is 274 g/mol. The third-order valence-corrected chi connectivity index (χ3v) is 4.30. The summed E-state index contributed by atoms with van der Waals surface area (Å²) in [5.74, 6) is -0.266. The van der Waals surface area contributed by atoms with E-state index in [-0.39, 0.29) is 17.1 Å². The third-order valence-electron chi connectivity index (χ3n) is 4.30. The molecule has 3 unspecified atom stereocenters. The molecule has 0 amide bonds.